The van der Waals surface area contributed by atoms with Gasteiger partial charge in [0.25, 0.3) is 10.0 Å². The predicted molar refractivity (Wildman–Crippen MR) is 156 cm³/mol. The Labute approximate surface area is 240 Å². The number of benzene rings is 3. The molecule has 11 heteroatoms. The summed E-state index contributed by atoms with van der Waals surface area (Å²) in [7, 11) is 0.0726. The minimum Gasteiger partial charge on any atom is -0.493 e. The van der Waals surface area contributed by atoms with Crippen LogP contribution in [0, 0.1) is 13.8 Å². The first-order chi connectivity index (χ1) is 18.9. The lowest BCUT2D eigenvalue weighted by Crippen LogP contribution is -2.50. The summed E-state index contributed by atoms with van der Waals surface area (Å²) in [5, 5.41) is 3.09. The van der Waals surface area contributed by atoms with Crippen molar-refractivity contribution in [3.05, 3.63) is 82.4 Å². The van der Waals surface area contributed by atoms with E-state index in [4.69, 9.17) is 21.1 Å². The SMILES string of the molecule is CNC(=O)[C@H](C)N(Cc1ccc(Cl)cc1)C(=O)CN(c1cc(C)cc(C)c1)S(=O)(=O)c1ccc(OC)c(OC)c1. The van der Waals surface area contributed by atoms with Gasteiger partial charge in [-0.05, 0) is 73.9 Å². The number of aryl methyl sites for hydroxylation is 2. The zero-order chi connectivity index (χ0) is 29.6. The minimum absolute atomic E-state index is 0.0711. The van der Waals surface area contributed by atoms with E-state index < -0.39 is 28.5 Å². The smallest absolute Gasteiger partial charge is 0.264 e. The molecule has 3 aromatic carbocycles. The molecule has 0 fully saturated rings. The van der Waals surface area contributed by atoms with E-state index >= 15 is 0 Å². The molecule has 0 saturated carbocycles. The number of methoxy groups -OCH3 is 2. The van der Waals surface area contributed by atoms with Crippen LogP contribution < -0.4 is 19.1 Å². The summed E-state index contributed by atoms with van der Waals surface area (Å²) >= 11 is 6.02. The van der Waals surface area contributed by atoms with Gasteiger partial charge in [0.05, 0.1) is 24.8 Å². The van der Waals surface area contributed by atoms with Gasteiger partial charge in [0.2, 0.25) is 11.8 Å². The number of halogens is 1. The molecule has 0 spiro atoms. The fourth-order valence-corrected chi connectivity index (χ4v) is 5.85. The molecule has 9 nitrogen and oxygen atoms in total. The summed E-state index contributed by atoms with van der Waals surface area (Å²) in [6.45, 7) is 4.81. The molecule has 3 aromatic rings. The third-order valence-corrected chi connectivity index (χ3v) is 8.42. The van der Waals surface area contributed by atoms with Crippen LogP contribution in [0.3, 0.4) is 0 Å². The fourth-order valence-electron chi connectivity index (χ4n) is 4.31. The molecule has 0 unspecified atom stereocenters. The molecule has 0 aliphatic rings. The highest BCUT2D eigenvalue weighted by molar-refractivity contribution is 7.92. The van der Waals surface area contributed by atoms with Crippen molar-refractivity contribution in [3.8, 4) is 11.5 Å². The second kappa shape index (κ2) is 13.1. The maximum atomic E-state index is 14.1. The van der Waals surface area contributed by atoms with Gasteiger partial charge < -0.3 is 19.7 Å². The van der Waals surface area contributed by atoms with Crippen LogP contribution in [0.2, 0.25) is 5.02 Å². The first kappa shape index (κ1) is 30.8. The van der Waals surface area contributed by atoms with Gasteiger partial charge in [-0.3, -0.25) is 13.9 Å². The summed E-state index contributed by atoms with van der Waals surface area (Å²) in [6.07, 6.45) is 0. The number of sulfonamides is 1. The summed E-state index contributed by atoms with van der Waals surface area (Å²) in [5.41, 5.74) is 2.70. The Bertz CT molecular complexity index is 1460. The summed E-state index contributed by atoms with van der Waals surface area (Å²) < 4.78 is 39.8. The van der Waals surface area contributed by atoms with Crippen LogP contribution in [0.5, 0.6) is 11.5 Å². The van der Waals surface area contributed by atoms with Gasteiger partial charge in [-0.2, -0.15) is 0 Å². The van der Waals surface area contributed by atoms with Crippen LogP contribution in [-0.2, 0) is 26.2 Å². The van der Waals surface area contributed by atoms with Crippen molar-refractivity contribution in [3.63, 3.8) is 0 Å². The quantitative estimate of drug-likeness (QED) is 0.358. The molecule has 214 valence electrons. The van der Waals surface area contributed by atoms with Crippen molar-refractivity contribution in [1.29, 1.82) is 0 Å². The van der Waals surface area contributed by atoms with Gasteiger partial charge in [0, 0.05) is 24.7 Å². The fraction of sp³-hybridized carbons (Fsp3) is 0.310. The number of ether oxygens (including phenoxy) is 2. The van der Waals surface area contributed by atoms with Crippen LogP contribution >= 0.6 is 11.6 Å². The van der Waals surface area contributed by atoms with E-state index in [1.165, 1.54) is 44.4 Å². The summed E-state index contributed by atoms with van der Waals surface area (Å²) in [4.78, 5) is 27.8. The van der Waals surface area contributed by atoms with Crippen molar-refractivity contribution >= 4 is 39.1 Å². The lowest BCUT2D eigenvalue weighted by Gasteiger charge is -2.32. The number of carbonyl (C=O) groups is 2. The van der Waals surface area contributed by atoms with Crippen LogP contribution in [0.15, 0.2) is 65.6 Å². The molecule has 0 saturated heterocycles. The Morgan fingerprint density at radius 1 is 0.925 bits per heavy atom. The first-order valence-corrected chi connectivity index (χ1v) is 14.3. The van der Waals surface area contributed by atoms with Crippen molar-refractivity contribution < 1.29 is 27.5 Å². The normalized spacial score (nSPS) is 11.9. The topological polar surface area (TPSA) is 105 Å². The van der Waals surface area contributed by atoms with Crippen molar-refractivity contribution in [2.45, 2.75) is 38.3 Å². The molecular formula is C29H34ClN3O6S. The number of hydrogen-bond acceptors (Lipinski definition) is 6. The third kappa shape index (κ3) is 7.05. The Morgan fingerprint density at radius 3 is 2.08 bits per heavy atom. The van der Waals surface area contributed by atoms with Crippen LogP contribution in [-0.4, -0.2) is 59.0 Å². The van der Waals surface area contributed by atoms with E-state index in [1.54, 1.807) is 43.3 Å². The predicted octanol–water partition coefficient (Wildman–Crippen LogP) is 4.33. The van der Waals surface area contributed by atoms with E-state index in [9.17, 15) is 18.0 Å². The maximum absolute atomic E-state index is 14.1. The van der Waals surface area contributed by atoms with Gasteiger partial charge >= 0.3 is 0 Å². The molecular weight excluding hydrogens is 554 g/mol. The summed E-state index contributed by atoms with van der Waals surface area (Å²) in [6, 6.07) is 15.6. The molecule has 0 heterocycles. The highest BCUT2D eigenvalue weighted by atomic mass is 35.5. The summed E-state index contributed by atoms with van der Waals surface area (Å²) in [5.74, 6) is -0.353. The second-order valence-corrected chi connectivity index (χ2v) is 11.6. The maximum Gasteiger partial charge on any atom is 0.264 e. The first-order valence-electron chi connectivity index (χ1n) is 12.5. The molecule has 3 rings (SSSR count). The molecule has 2 amide bonds. The Morgan fingerprint density at radius 2 is 1.52 bits per heavy atom. The average Bonchev–Trinajstić information content (AvgIpc) is 2.93. The Kier molecular flexibility index (Phi) is 10.1. The molecule has 0 aliphatic carbocycles. The zero-order valence-corrected chi connectivity index (χ0v) is 25.0. The second-order valence-electron chi connectivity index (χ2n) is 9.31. The van der Waals surface area contributed by atoms with Gasteiger partial charge in [0.15, 0.2) is 11.5 Å². The van der Waals surface area contributed by atoms with Crippen LogP contribution in [0.1, 0.15) is 23.6 Å². The number of nitrogens with one attached hydrogen (secondary N) is 1. The third-order valence-electron chi connectivity index (χ3n) is 6.40. The van der Waals surface area contributed by atoms with Gasteiger partial charge in [0.1, 0.15) is 12.6 Å². The molecule has 40 heavy (non-hydrogen) atoms. The lowest BCUT2D eigenvalue weighted by molar-refractivity contribution is -0.139. The number of likely N-dealkylation sites (N-methyl/N-ethyl adjacent to an activating group) is 1. The number of carbonyl (C=O) groups excluding carboxylic acids is 2. The van der Waals surface area contributed by atoms with E-state index in [0.717, 1.165) is 21.0 Å². The Balaban J connectivity index is 2.10. The number of hydrogen-bond donors (Lipinski definition) is 1. The number of nitrogens with zero attached hydrogens (tertiary/aromatic N) is 2. The van der Waals surface area contributed by atoms with Crippen molar-refractivity contribution in [2.75, 3.05) is 32.1 Å². The van der Waals surface area contributed by atoms with Crippen molar-refractivity contribution in [1.82, 2.24) is 10.2 Å². The minimum atomic E-state index is -4.27. The molecule has 0 radical (unpaired) electrons. The lowest BCUT2D eigenvalue weighted by atomic mass is 10.1. The molecule has 1 N–H and O–H groups in total. The van der Waals surface area contributed by atoms with Crippen LogP contribution in [0.25, 0.3) is 0 Å². The van der Waals surface area contributed by atoms with Gasteiger partial charge in [-0.1, -0.05) is 29.8 Å². The van der Waals surface area contributed by atoms with E-state index in [-0.39, 0.29) is 23.1 Å². The highest BCUT2D eigenvalue weighted by Gasteiger charge is 2.33. The molecule has 0 aliphatic heterocycles. The number of anilines is 1. The Hall–Kier alpha value is -3.76. The highest BCUT2D eigenvalue weighted by Crippen LogP contribution is 2.33. The molecule has 0 aromatic heterocycles. The van der Waals surface area contributed by atoms with E-state index in [0.29, 0.717) is 16.5 Å². The number of rotatable bonds is 11. The number of amides is 2. The van der Waals surface area contributed by atoms with E-state index in [1.807, 2.05) is 19.9 Å². The standard InChI is InChI=1S/C29H34ClN3O6S/c1-19-13-20(2)15-24(14-19)33(40(36,37)25-11-12-26(38-5)27(16-25)39-6)18-28(34)32(21(3)29(35)31-4)17-22-7-9-23(30)10-8-22/h7-16,21H,17-18H2,1-6H3,(H,31,35)/t21-/m0/s1. The molecule has 0 bridgehead atoms. The van der Waals surface area contributed by atoms with Crippen molar-refractivity contribution in [2.24, 2.45) is 0 Å². The average molecular weight is 588 g/mol. The van der Waals surface area contributed by atoms with Gasteiger partial charge in [-0.15, -0.1) is 0 Å². The van der Waals surface area contributed by atoms with Crippen LogP contribution in [0.4, 0.5) is 5.69 Å². The zero-order valence-electron chi connectivity index (χ0n) is 23.4. The van der Waals surface area contributed by atoms with E-state index in [2.05, 4.69) is 5.32 Å². The van der Waals surface area contributed by atoms with Gasteiger partial charge in [-0.25, -0.2) is 8.42 Å². The monoisotopic (exact) mass is 587 g/mol. The largest absolute Gasteiger partial charge is 0.493 e. The molecule has 1 atom stereocenters.